The summed E-state index contributed by atoms with van der Waals surface area (Å²) in [5.41, 5.74) is 4.05. The number of aromatic nitrogens is 1. The van der Waals surface area contributed by atoms with Crippen LogP contribution in [0.3, 0.4) is 0 Å². The van der Waals surface area contributed by atoms with Gasteiger partial charge in [0.15, 0.2) is 0 Å². The Bertz CT molecular complexity index is 1180. The number of rotatable bonds is 3. The lowest BCUT2D eigenvalue weighted by molar-refractivity contribution is -0.143. The van der Waals surface area contributed by atoms with E-state index in [-0.39, 0.29) is 11.8 Å². The van der Waals surface area contributed by atoms with E-state index in [1.807, 2.05) is 32.2 Å². The minimum absolute atomic E-state index is 0.00889. The largest absolute Gasteiger partial charge is 0.380 e. The van der Waals surface area contributed by atoms with Gasteiger partial charge in [-0.3, -0.25) is 9.59 Å². The maximum Gasteiger partial charge on any atom is 0.254 e. The second-order valence-corrected chi connectivity index (χ2v) is 8.85. The molecule has 1 saturated heterocycles. The van der Waals surface area contributed by atoms with Gasteiger partial charge >= 0.3 is 0 Å². The summed E-state index contributed by atoms with van der Waals surface area (Å²) in [7, 11) is 2.04. The number of nitrogens with zero attached hydrogens (tertiary/aromatic N) is 3. The molecular formula is C25H27N3O3. The Hall–Kier alpha value is -3.12. The lowest BCUT2D eigenvalue weighted by Crippen LogP contribution is -2.53. The highest BCUT2D eigenvalue weighted by atomic mass is 16.3. The number of carbonyl (C=O) groups is 2. The molecule has 2 amide bonds. The Morgan fingerprint density at radius 2 is 1.65 bits per heavy atom. The zero-order valence-electron chi connectivity index (χ0n) is 18.0. The standard InChI is InChI=1S/C25H27N3O3/c1-17-15-20(3-5-21(17)18-4-6-22-19(16-18)7-10-26(22)2)23(29)27-11-13-28(14-12-27)24(30)25(31)8-9-25/h3-7,10,15-16,31H,8-9,11-14H2,1-2H3. The lowest BCUT2D eigenvalue weighted by Gasteiger charge is -2.35. The molecule has 2 fully saturated rings. The quantitative estimate of drug-likeness (QED) is 0.713. The highest BCUT2D eigenvalue weighted by molar-refractivity contribution is 5.96. The minimum atomic E-state index is -1.14. The average Bonchev–Trinajstić information content (AvgIpc) is 3.44. The third-order valence-corrected chi connectivity index (χ3v) is 6.65. The second-order valence-electron chi connectivity index (χ2n) is 8.85. The van der Waals surface area contributed by atoms with Gasteiger partial charge in [-0.15, -0.1) is 0 Å². The molecule has 3 aromatic rings. The maximum atomic E-state index is 13.0. The van der Waals surface area contributed by atoms with E-state index in [0.29, 0.717) is 44.6 Å². The molecular weight excluding hydrogens is 390 g/mol. The molecule has 1 saturated carbocycles. The maximum absolute atomic E-state index is 13.0. The molecule has 160 valence electrons. The molecule has 0 unspecified atom stereocenters. The molecule has 31 heavy (non-hydrogen) atoms. The summed E-state index contributed by atoms with van der Waals surface area (Å²) in [6.45, 7) is 3.97. The summed E-state index contributed by atoms with van der Waals surface area (Å²) in [4.78, 5) is 28.8. The fourth-order valence-corrected chi connectivity index (χ4v) is 4.49. The molecule has 2 aromatic carbocycles. The van der Waals surface area contributed by atoms with Crippen LogP contribution in [0.4, 0.5) is 0 Å². The third kappa shape index (κ3) is 3.51. The van der Waals surface area contributed by atoms with E-state index >= 15 is 0 Å². The number of amides is 2. The summed E-state index contributed by atoms with van der Waals surface area (Å²) < 4.78 is 2.10. The molecule has 0 radical (unpaired) electrons. The van der Waals surface area contributed by atoms with Crippen LogP contribution in [0, 0.1) is 6.92 Å². The first-order valence-corrected chi connectivity index (χ1v) is 10.8. The predicted molar refractivity (Wildman–Crippen MR) is 120 cm³/mol. The number of aliphatic hydroxyl groups is 1. The fourth-order valence-electron chi connectivity index (χ4n) is 4.49. The molecule has 0 spiro atoms. The van der Waals surface area contributed by atoms with Gasteiger partial charge in [-0.1, -0.05) is 12.1 Å². The summed E-state index contributed by atoms with van der Waals surface area (Å²) in [5.74, 6) is -0.194. The van der Waals surface area contributed by atoms with Gasteiger partial charge in [0, 0.05) is 55.9 Å². The van der Waals surface area contributed by atoms with Crippen molar-refractivity contribution < 1.29 is 14.7 Å². The van der Waals surface area contributed by atoms with Crippen molar-refractivity contribution in [1.29, 1.82) is 0 Å². The summed E-state index contributed by atoms with van der Waals surface area (Å²) in [6, 6.07) is 14.4. The number of fused-ring (bicyclic) bond motifs is 1. The van der Waals surface area contributed by atoms with E-state index in [0.717, 1.165) is 16.7 Å². The van der Waals surface area contributed by atoms with Crippen LogP contribution in [0.2, 0.25) is 0 Å². The van der Waals surface area contributed by atoms with Crippen LogP contribution < -0.4 is 0 Å². The van der Waals surface area contributed by atoms with Crippen molar-refractivity contribution in [3.05, 3.63) is 59.8 Å². The molecule has 1 aliphatic heterocycles. The first-order valence-electron chi connectivity index (χ1n) is 10.8. The number of carbonyl (C=O) groups excluding carboxylic acids is 2. The number of aryl methyl sites for hydroxylation is 2. The number of benzene rings is 2. The summed E-state index contributed by atoms with van der Waals surface area (Å²) in [6.07, 6.45) is 3.16. The van der Waals surface area contributed by atoms with Gasteiger partial charge in [0.2, 0.25) is 0 Å². The van der Waals surface area contributed by atoms with Crippen LogP contribution in [0.25, 0.3) is 22.0 Å². The number of piperazine rings is 1. The van der Waals surface area contributed by atoms with E-state index < -0.39 is 5.60 Å². The average molecular weight is 418 g/mol. The van der Waals surface area contributed by atoms with Crippen molar-refractivity contribution in [2.24, 2.45) is 7.05 Å². The topological polar surface area (TPSA) is 65.8 Å². The van der Waals surface area contributed by atoms with Gasteiger partial charge in [-0.05, 0) is 66.8 Å². The van der Waals surface area contributed by atoms with E-state index in [1.165, 1.54) is 10.9 Å². The highest BCUT2D eigenvalue weighted by Gasteiger charge is 2.50. The van der Waals surface area contributed by atoms with Crippen molar-refractivity contribution in [3.63, 3.8) is 0 Å². The van der Waals surface area contributed by atoms with E-state index in [9.17, 15) is 14.7 Å². The van der Waals surface area contributed by atoms with Crippen LogP contribution in [-0.4, -0.2) is 63.1 Å². The first-order chi connectivity index (χ1) is 14.9. The predicted octanol–water partition coefficient (Wildman–Crippen LogP) is 2.96. The van der Waals surface area contributed by atoms with Gasteiger partial charge in [0.25, 0.3) is 11.8 Å². The van der Waals surface area contributed by atoms with Gasteiger partial charge in [0.1, 0.15) is 5.60 Å². The molecule has 6 heteroatoms. The normalized spacial score (nSPS) is 17.8. The summed E-state index contributed by atoms with van der Waals surface area (Å²) in [5, 5.41) is 11.2. The smallest absolute Gasteiger partial charge is 0.254 e. The molecule has 0 bridgehead atoms. The zero-order chi connectivity index (χ0) is 21.8. The first kappa shape index (κ1) is 19.8. The van der Waals surface area contributed by atoms with Gasteiger partial charge in [-0.25, -0.2) is 0 Å². The van der Waals surface area contributed by atoms with Crippen LogP contribution in [0.15, 0.2) is 48.7 Å². The van der Waals surface area contributed by atoms with Crippen LogP contribution >= 0.6 is 0 Å². The van der Waals surface area contributed by atoms with E-state index in [4.69, 9.17) is 0 Å². The molecule has 5 rings (SSSR count). The molecule has 1 aliphatic carbocycles. The Morgan fingerprint density at radius 3 is 2.32 bits per heavy atom. The van der Waals surface area contributed by atoms with E-state index in [2.05, 4.69) is 35.0 Å². The van der Waals surface area contributed by atoms with Crippen LogP contribution in [-0.2, 0) is 11.8 Å². The van der Waals surface area contributed by atoms with Crippen molar-refractivity contribution in [1.82, 2.24) is 14.4 Å². The molecule has 1 N–H and O–H groups in total. The Balaban J connectivity index is 1.30. The van der Waals surface area contributed by atoms with Crippen LogP contribution in [0.1, 0.15) is 28.8 Å². The molecule has 2 heterocycles. The van der Waals surface area contributed by atoms with Crippen LogP contribution in [0.5, 0.6) is 0 Å². The van der Waals surface area contributed by atoms with Gasteiger partial charge in [-0.2, -0.15) is 0 Å². The number of hydrogen-bond acceptors (Lipinski definition) is 3. The van der Waals surface area contributed by atoms with Crippen molar-refractivity contribution in [2.75, 3.05) is 26.2 Å². The molecule has 6 nitrogen and oxygen atoms in total. The Labute approximate surface area is 181 Å². The van der Waals surface area contributed by atoms with Crippen molar-refractivity contribution >= 4 is 22.7 Å². The van der Waals surface area contributed by atoms with Gasteiger partial charge < -0.3 is 19.5 Å². The fraction of sp³-hybridized carbons (Fsp3) is 0.360. The number of hydrogen-bond donors (Lipinski definition) is 1. The SMILES string of the molecule is Cc1cc(C(=O)N2CCN(C(=O)C3(O)CC3)CC2)ccc1-c1ccc2c(ccn2C)c1. The lowest BCUT2D eigenvalue weighted by atomic mass is 9.97. The minimum Gasteiger partial charge on any atom is -0.380 e. The monoisotopic (exact) mass is 417 g/mol. The third-order valence-electron chi connectivity index (χ3n) is 6.65. The second kappa shape index (κ2) is 7.24. The van der Waals surface area contributed by atoms with Gasteiger partial charge in [0.05, 0.1) is 0 Å². The van der Waals surface area contributed by atoms with Crippen molar-refractivity contribution in [3.8, 4) is 11.1 Å². The summed E-state index contributed by atoms with van der Waals surface area (Å²) >= 11 is 0. The Kier molecular flexibility index (Phi) is 4.63. The molecule has 2 aliphatic rings. The van der Waals surface area contributed by atoms with E-state index in [1.54, 1.807) is 9.80 Å². The highest BCUT2D eigenvalue weighted by Crippen LogP contribution is 2.37. The zero-order valence-corrected chi connectivity index (χ0v) is 18.0. The Morgan fingerprint density at radius 1 is 0.935 bits per heavy atom. The molecule has 1 aromatic heterocycles. The van der Waals surface area contributed by atoms with Crippen molar-refractivity contribution in [2.45, 2.75) is 25.4 Å². The molecule has 0 atom stereocenters.